The maximum atomic E-state index is 13.4. The van der Waals surface area contributed by atoms with Crippen molar-refractivity contribution in [2.45, 2.75) is 24.9 Å². The number of carbonyl (C=O) groups is 1. The van der Waals surface area contributed by atoms with Gasteiger partial charge in [-0.15, -0.1) is 0 Å². The third-order valence-corrected chi connectivity index (χ3v) is 7.04. The zero-order chi connectivity index (χ0) is 22.3. The van der Waals surface area contributed by atoms with Crippen molar-refractivity contribution in [2.75, 3.05) is 33.4 Å². The van der Waals surface area contributed by atoms with Crippen LogP contribution >= 0.6 is 15.9 Å². The van der Waals surface area contributed by atoms with Crippen molar-refractivity contribution in [3.05, 3.63) is 69.8 Å². The summed E-state index contributed by atoms with van der Waals surface area (Å²) >= 11 is 3.59. The fraction of sp³-hybridized carbons (Fsp3) is 0.360. The van der Waals surface area contributed by atoms with Gasteiger partial charge in [0.1, 0.15) is 17.9 Å². The Hall–Kier alpha value is -2.48. The molecule has 3 heterocycles. The van der Waals surface area contributed by atoms with Crippen LogP contribution < -0.4 is 10.1 Å². The first-order chi connectivity index (χ1) is 15.4. The zero-order valence-electron chi connectivity index (χ0n) is 18.2. The highest BCUT2D eigenvalue weighted by atomic mass is 79.9. The molecule has 1 N–H and O–H groups in total. The van der Waals surface area contributed by atoms with E-state index in [1.54, 1.807) is 6.20 Å². The van der Waals surface area contributed by atoms with Crippen molar-refractivity contribution in [2.24, 2.45) is 0 Å². The lowest BCUT2D eigenvalue weighted by Crippen LogP contribution is -2.59. The average Bonchev–Trinajstić information content (AvgIpc) is 2.75. The number of nitrogens with one attached hydrogen (secondary N) is 1. The summed E-state index contributed by atoms with van der Waals surface area (Å²) in [6.07, 6.45) is 2.92. The van der Waals surface area contributed by atoms with Crippen molar-refractivity contribution >= 4 is 32.7 Å². The Morgan fingerprint density at radius 3 is 2.84 bits per heavy atom. The predicted molar refractivity (Wildman–Crippen MR) is 127 cm³/mol. The summed E-state index contributed by atoms with van der Waals surface area (Å²) in [4.78, 5) is 20.2. The number of likely N-dealkylation sites (tertiary alicyclic amines) is 1. The zero-order valence-corrected chi connectivity index (χ0v) is 19.8. The van der Waals surface area contributed by atoms with Gasteiger partial charge in [0.25, 0.3) is 5.91 Å². The molecule has 5 rings (SSSR count). The van der Waals surface area contributed by atoms with Crippen LogP contribution in [-0.2, 0) is 10.3 Å². The number of benzene rings is 2. The molecule has 6 nitrogen and oxygen atoms in total. The van der Waals surface area contributed by atoms with E-state index in [1.807, 2.05) is 49.4 Å². The van der Waals surface area contributed by atoms with Gasteiger partial charge >= 0.3 is 0 Å². The number of pyridine rings is 1. The number of likely N-dealkylation sites (N-methyl/N-ethyl adjacent to an activating group) is 1. The number of amides is 1. The number of rotatable bonds is 6. The second-order valence-electron chi connectivity index (χ2n) is 8.76. The number of hydrogen-bond acceptors (Lipinski definition) is 5. The molecule has 1 unspecified atom stereocenters. The van der Waals surface area contributed by atoms with Gasteiger partial charge in [0.05, 0.1) is 18.7 Å². The molecule has 0 saturated carbocycles. The summed E-state index contributed by atoms with van der Waals surface area (Å²) in [5.41, 5.74) is 2.82. The Kier molecular flexibility index (Phi) is 5.65. The molecule has 32 heavy (non-hydrogen) atoms. The molecule has 2 aliphatic heterocycles. The van der Waals surface area contributed by atoms with Crippen LogP contribution in [0.1, 0.15) is 27.9 Å². The summed E-state index contributed by atoms with van der Waals surface area (Å²) in [7, 11) is 2.10. The Morgan fingerprint density at radius 1 is 1.31 bits per heavy atom. The van der Waals surface area contributed by atoms with Crippen molar-refractivity contribution < 1.29 is 14.3 Å². The predicted octanol–water partition coefficient (Wildman–Crippen LogP) is 4.04. The van der Waals surface area contributed by atoms with Gasteiger partial charge in [-0.3, -0.25) is 14.7 Å². The molecule has 2 fully saturated rings. The second kappa shape index (κ2) is 8.46. The van der Waals surface area contributed by atoms with E-state index in [9.17, 15) is 4.79 Å². The van der Waals surface area contributed by atoms with E-state index in [1.165, 1.54) is 0 Å². The molecule has 2 saturated heterocycles. The number of carbonyl (C=O) groups excluding carboxylic acids is 1. The molecular formula is C25H26BrN3O3. The van der Waals surface area contributed by atoms with Gasteiger partial charge in [-0.25, -0.2) is 0 Å². The fourth-order valence-corrected chi connectivity index (χ4v) is 4.78. The first kappa shape index (κ1) is 21.4. The van der Waals surface area contributed by atoms with Crippen LogP contribution in [0.2, 0.25) is 0 Å². The quantitative estimate of drug-likeness (QED) is 0.558. The molecule has 166 valence electrons. The maximum absolute atomic E-state index is 13.4. The highest BCUT2D eigenvalue weighted by molar-refractivity contribution is 9.10. The molecule has 3 aromatic rings. The summed E-state index contributed by atoms with van der Waals surface area (Å²) in [6.45, 7) is 4.53. The summed E-state index contributed by atoms with van der Waals surface area (Å²) in [5, 5.41) is 4.28. The first-order valence-electron chi connectivity index (χ1n) is 10.8. The lowest BCUT2D eigenvalue weighted by atomic mass is 9.85. The number of aryl methyl sites for hydroxylation is 1. The Balaban J connectivity index is 1.41. The third-order valence-electron chi connectivity index (χ3n) is 6.59. The van der Waals surface area contributed by atoms with Gasteiger partial charge in [-0.2, -0.15) is 0 Å². The minimum Gasteiger partial charge on any atom is -0.492 e. The molecule has 1 aromatic heterocycles. The molecule has 0 radical (unpaired) electrons. The van der Waals surface area contributed by atoms with Gasteiger partial charge in [0.15, 0.2) is 0 Å². The molecular weight excluding hydrogens is 470 g/mol. The average molecular weight is 496 g/mol. The lowest BCUT2D eigenvalue weighted by Gasteiger charge is -2.43. The number of hydrogen-bond donors (Lipinski definition) is 1. The van der Waals surface area contributed by atoms with Crippen molar-refractivity contribution in [1.29, 1.82) is 0 Å². The van der Waals surface area contributed by atoms with Crippen molar-refractivity contribution in [3.8, 4) is 5.75 Å². The van der Waals surface area contributed by atoms with Gasteiger partial charge < -0.3 is 14.8 Å². The molecule has 1 atom stereocenters. The topological polar surface area (TPSA) is 63.7 Å². The minimum absolute atomic E-state index is 0.131. The van der Waals surface area contributed by atoms with Gasteiger partial charge in [0, 0.05) is 27.7 Å². The second-order valence-corrected chi connectivity index (χ2v) is 9.68. The largest absolute Gasteiger partial charge is 0.492 e. The summed E-state index contributed by atoms with van der Waals surface area (Å²) < 4.78 is 12.5. The Morgan fingerprint density at radius 2 is 2.16 bits per heavy atom. The van der Waals surface area contributed by atoms with Crippen LogP contribution in [0, 0.1) is 6.92 Å². The van der Waals surface area contributed by atoms with Crippen molar-refractivity contribution in [3.63, 3.8) is 0 Å². The van der Waals surface area contributed by atoms with E-state index in [2.05, 4.69) is 38.2 Å². The highest BCUT2D eigenvalue weighted by Crippen LogP contribution is 2.37. The molecule has 1 amide bonds. The van der Waals surface area contributed by atoms with Gasteiger partial charge in [-0.05, 0) is 68.4 Å². The number of aromatic nitrogens is 1. The molecule has 0 spiro atoms. The summed E-state index contributed by atoms with van der Waals surface area (Å²) in [5.74, 6) is 0.589. The Bertz CT molecular complexity index is 1180. The maximum Gasteiger partial charge on any atom is 0.252 e. The number of fused-ring (bicyclic) bond motifs is 1. The Labute approximate surface area is 196 Å². The van der Waals surface area contributed by atoms with E-state index >= 15 is 0 Å². The lowest BCUT2D eigenvalue weighted by molar-refractivity contribution is -0.0726. The molecule has 0 aliphatic carbocycles. The molecule has 7 heteroatoms. The van der Waals surface area contributed by atoms with E-state index in [0.717, 1.165) is 45.2 Å². The monoisotopic (exact) mass is 495 g/mol. The van der Waals surface area contributed by atoms with Crippen LogP contribution in [0.3, 0.4) is 0 Å². The van der Waals surface area contributed by atoms with Crippen LogP contribution in [0.25, 0.3) is 10.9 Å². The van der Waals surface area contributed by atoms with Gasteiger partial charge in [-0.1, -0.05) is 28.1 Å². The van der Waals surface area contributed by atoms with E-state index in [4.69, 9.17) is 9.47 Å². The standard InChI is InChI=1S/C25H26BrN3O3/c1-16-5-6-19(32-13-18-7-9-29(18)2)12-21(16)24(30)28-25(14-31-15-25)22-10-17(26)11-23-20(22)4-3-8-27-23/h3-6,8,10-12,18H,7,9,13-15H2,1-2H3,(H,28,30). The smallest absolute Gasteiger partial charge is 0.252 e. The number of halogens is 1. The number of ether oxygens (including phenoxy) is 2. The van der Waals surface area contributed by atoms with Gasteiger partial charge in [0.2, 0.25) is 0 Å². The normalized spacial score (nSPS) is 19.8. The minimum atomic E-state index is -0.597. The van der Waals surface area contributed by atoms with E-state index < -0.39 is 5.54 Å². The molecule has 0 bridgehead atoms. The SMILES string of the molecule is Cc1ccc(OCC2CCN2C)cc1C(=O)NC1(c2cc(Br)cc3ncccc23)COC1. The molecule has 2 aromatic carbocycles. The van der Waals surface area contributed by atoms with E-state index in [-0.39, 0.29) is 5.91 Å². The number of nitrogens with zero attached hydrogens (tertiary/aromatic N) is 2. The summed E-state index contributed by atoms with van der Waals surface area (Å²) in [6, 6.07) is 14.1. The third kappa shape index (κ3) is 3.89. The van der Waals surface area contributed by atoms with Crippen molar-refractivity contribution in [1.82, 2.24) is 15.2 Å². The van der Waals surface area contributed by atoms with Crippen LogP contribution in [0.5, 0.6) is 5.75 Å². The van der Waals surface area contributed by atoms with E-state index in [0.29, 0.717) is 31.4 Å². The highest BCUT2D eigenvalue weighted by Gasteiger charge is 2.43. The molecule has 2 aliphatic rings. The van der Waals surface area contributed by atoms with Crippen LogP contribution in [0.4, 0.5) is 0 Å². The fourth-order valence-electron chi connectivity index (χ4n) is 4.34. The van der Waals surface area contributed by atoms with Crippen LogP contribution in [-0.4, -0.2) is 55.2 Å². The first-order valence-corrected chi connectivity index (χ1v) is 11.6. The van der Waals surface area contributed by atoms with Crippen LogP contribution in [0.15, 0.2) is 53.1 Å².